The van der Waals surface area contributed by atoms with E-state index in [1.807, 2.05) is 27.7 Å². The number of carbonyl (C=O) groups excluding carboxylic acids is 3. The van der Waals surface area contributed by atoms with Crippen LogP contribution in [0.2, 0.25) is 0 Å². The SMILES string of the molecule is CCC(C)N(C(=O)C(Cc1ccc(O)cc1)NC(=O)OC(C)(C)C)C(C(=O)NC(C)C)c1ccc(O)c(C)c1. The Morgan fingerprint density at radius 2 is 1.59 bits per heavy atom. The van der Waals surface area contributed by atoms with Crippen molar-refractivity contribution < 1.29 is 29.3 Å². The molecule has 3 unspecified atom stereocenters. The molecule has 0 spiro atoms. The fraction of sp³-hybridized carbons (Fsp3) is 0.500. The fourth-order valence-electron chi connectivity index (χ4n) is 4.14. The number of aryl methyl sites for hydroxylation is 1. The van der Waals surface area contributed by atoms with E-state index in [1.165, 1.54) is 23.1 Å². The molecule has 0 aliphatic heterocycles. The lowest BCUT2D eigenvalue weighted by Crippen LogP contribution is -2.56. The van der Waals surface area contributed by atoms with Gasteiger partial charge in [0.05, 0.1) is 0 Å². The third-order valence-electron chi connectivity index (χ3n) is 6.18. The van der Waals surface area contributed by atoms with Crippen LogP contribution in [-0.2, 0) is 20.7 Å². The fourth-order valence-corrected chi connectivity index (χ4v) is 4.14. The maximum atomic E-state index is 14.3. The molecule has 0 saturated carbocycles. The number of benzene rings is 2. The van der Waals surface area contributed by atoms with Gasteiger partial charge in [0.2, 0.25) is 11.8 Å². The molecule has 0 heterocycles. The van der Waals surface area contributed by atoms with Crippen molar-refractivity contribution in [3.05, 3.63) is 59.2 Å². The van der Waals surface area contributed by atoms with Gasteiger partial charge in [-0.1, -0.05) is 25.1 Å². The molecule has 4 N–H and O–H groups in total. The number of ether oxygens (including phenoxy) is 1. The second-order valence-electron chi connectivity index (χ2n) is 11.2. The zero-order valence-electron chi connectivity index (χ0n) is 24.2. The molecule has 2 aromatic rings. The van der Waals surface area contributed by atoms with Crippen molar-refractivity contribution in [1.29, 1.82) is 0 Å². The molecule has 214 valence electrons. The standard InChI is InChI=1S/C30H43N3O6/c1-9-20(5)33(26(27(36)31-18(2)3)22-12-15-25(35)19(4)16-22)28(37)24(32-29(38)39-30(6,7)8)17-21-10-13-23(34)14-11-21/h10-16,18,20,24,26,34-35H,9,17H2,1-8H3,(H,31,36)(H,32,38). The Balaban J connectivity index is 2.62. The highest BCUT2D eigenvalue weighted by atomic mass is 16.6. The maximum absolute atomic E-state index is 14.3. The maximum Gasteiger partial charge on any atom is 0.408 e. The minimum absolute atomic E-state index is 0.0797. The van der Waals surface area contributed by atoms with Crippen molar-refractivity contribution in [2.24, 2.45) is 0 Å². The Morgan fingerprint density at radius 3 is 2.10 bits per heavy atom. The number of phenolic OH excluding ortho intramolecular Hbond substituents is 2. The second kappa shape index (κ2) is 13.4. The van der Waals surface area contributed by atoms with Crippen LogP contribution in [0.3, 0.4) is 0 Å². The zero-order chi connectivity index (χ0) is 29.5. The predicted octanol–water partition coefficient (Wildman–Crippen LogP) is 4.74. The van der Waals surface area contributed by atoms with Crippen molar-refractivity contribution in [3.63, 3.8) is 0 Å². The summed E-state index contributed by atoms with van der Waals surface area (Å²) in [6.45, 7) is 14.4. The minimum atomic E-state index is -1.06. The van der Waals surface area contributed by atoms with E-state index < -0.39 is 29.7 Å². The van der Waals surface area contributed by atoms with Crippen LogP contribution < -0.4 is 10.6 Å². The van der Waals surface area contributed by atoms with Crippen LogP contribution in [0.4, 0.5) is 4.79 Å². The number of nitrogens with one attached hydrogen (secondary N) is 2. The Kier molecular flexibility index (Phi) is 10.8. The summed E-state index contributed by atoms with van der Waals surface area (Å²) in [4.78, 5) is 42.3. The molecule has 0 aliphatic carbocycles. The summed E-state index contributed by atoms with van der Waals surface area (Å²) < 4.78 is 5.45. The summed E-state index contributed by atoms with van der Waals surface area (Å²) in [7, 11) is 0. The quantitative estimate of drug-likeness (QED) is 0.344. The zero-order valence-corrected chi connectivity index (χ0v) is 24.2. The molecule has 0 saturated heterocycles. The van der Waals surface area contributed by atoms with Crippen molar-refractivity contribution in [3.8, 4) is 11.5 Å². The Morgan fingerprint density at radius 1 is 0.974 bits per heavy atom. The van der Waals surface area contributed by atoms with Gasteiger partial charge in [-0.2, -0.15) is 0 Å². The van der Waals surface area contributed by atoms with E-state index >= 15 is 0 Å². The van der Waals surface area contributed by atoms with Gasteiger partial charge >= 0.3 is 6.09 Å². The first kappa shape index (κ1) is 31.5. The number of hydrogen-bond donors (Lipinski definition) is 4. The number of alkyl carbamates (subject to hydrolysis) is 1. The average molecular weight is 542 g/mol. The van der Waals surface area contributed by atoms with E-state index in [1.54, 1.807) is 52.0 Å². The number of hydrogen-bond acceptors (Lipinski definition) is 6. The minimum Gasteiger partial charge on any atom is -0.508 e. The van der Waals surface area contributed by atoms with Crippen LogP contribution in [0.25, 0.3) is 0 Å². The molecule has 9 heteroatoms. The van der Waals surface area contributed by atoms with Gasteiger partial charge in [-0.05, 0) is 95.8 Å². The van der Waals surface area contributed by atoms with Gasteiger partial charge in [0.15, 0.2) is 0 Å². The third-order valence-corrected chi connectivity index (χ3v) is 6.18. The van der Waals surface area contributed by atoms with Gasteiger partial charge in [-0.25, -0.2) is 4.79 Å². The van der Waals surface area contributed by atoms with E-state index in [2.05, 4.69) is 10.6 Å². The van der Waals surface area contributed by atoms with E-state index in [0.29, 0.717) is 23.1 Å². The lowest BCUT2D eigenvalue weighted by atomic mass is 9.96. The van der Waals surface area contributed by atoms with Gasteiger partial charge in [-0.3, -0.25) is 9.59 Å². The average Bonchev–Trinajstić information content (AvgIpc) is 2.82. The topological polar surface area (TPSA) is 128 Å². The number of phenols is 2. The van der Waals surface area contributed by atoms with Gasteiger partial charge in [0.1, 0.15) is 29.2 Å². The lowest BCUT2D eigenvalue weighted by molar-refractivity contribution is -0.145. The molecule has 0 fully saturated rings. The number of rotatable bonds is 10. The van der Waals surface area contributed by atoms with Crippen molar-refractivity contribution in [1.82, 2.24) is 15.5 Å². The summed E-state index contributed by atoms with van der Waals surface area (Å²) in [6.07, 6.45) is -0.0993. The molecule has 9 nitrogen and oxygen atoms in total. The first-order valence-corrected chi connectivity index (χ1v) is 13.3. The number of amides is 3. The molecule has 0 aromatic heterocycles. The summed E-state index contributed by atoms with van der Waals surface area (Å²) in [5, 5.41) is 25.5. The highest BCUT2D eigenvalue weighted by Gasteiger charge is 2.39. The van der Waals surface area contributed by atoms with Crippen molar-refractivity contribution in [2.45, 2.75) is 98.0 Å². The van der Waals surface area contributed by atoms with Crippen molar-refractivity contribution in [2.75, 3.05) is 0 Å². The first-order chi connectivity index (χ1) is 18.1. The van der Waals surface area contributed by atoms with E-state index in [0.717, 1.165) is 0 Å². The Labute approximate surface area is 231 Å². The largest absolute Gasteiger partial charge is 0.508 e. The molecule has 0 bridgehead atoms. The smallest absolute Gasteiger partial charge is 0.408 e. The predicted molar refractivity (Wildman–Crippen MR) is 150 cm³/mol. The number of nitrogens with zero attached hydrogens (tertiary/aromatic N) is 1. The third kappa shape index (κ3) is 9.19. The van der Waals surface area contributed by atoms with Crippen LogP contribution >= 0.6 is 0 Å². The second-order valence-corrected chi connectivity index (χ2v) is 11.2. The van der Waals surface area contributed by atoms with Gasteiger partial charge in [0, 0.05) is 18.5 Å². The van der Waals surface area contributed by atoms with E-state index in [-0.39, 0.29) is 35.9 Å². The summed E-state index contributed by atoms with van der Waals surface area (Å²) >= 11 is 0. The van der Waals surface area contributed by atoms with Crippen LogP contribution in [0.1, 0.15) is 77.6 Å². The van der Waals surface area contributed by atoms with Crippen LogP contribution in [0.15, 0.2) is 42.5 Å². The van der Waals surface area contributed by atoms with Crippen LogP contribution in [0, 0.1) is 6.92 Å². The molecule has 2 aromatic carbocycles. The monoisotopic (exact) mass is 541 g/mol. The molecule has 39 heavy (non-hydrogen) atoms. The van der Waals surface area contributed by atoms with Gasteiger partial charge in [0.25, 0.3) is 0 Å². The molecule has 3 atom stereocenters. The molecule has 2 rings (SSSR count). The molecular formula is C30H43N3O6. The molecule has 0 aliphatic rings. The first-order valence-electron chi connectivity index (χ1n) is 13.3. The summed E-state index contributed by atoms with van der Waals surface area (Å²) in [5.74, 6) is -0.668. The number of aromatic hydroxyl groups is 2. The normalized spacial score (nSPS) is 13.8. The summed E-state index contributed by atoms with van der Waals surface area (Å²) in [5.41, 5.74) is 1.03. The Hall–Kier alpha value is -3.75. The summed E-state index contributed by atoms with van der Waals surface area (Å²) in [6, 6.07) is 8.55. The van der Waals surface area contributed by atoms with Crippen LogP contribution in [0.5, 0.6) is 11.5 Å². The van der Waals surface area contributed by atoms with Gasteiger partial charge < -0.3 is 30.5 Å². The molecule has 3 amide bonds. The molecule has 0 radical (unpaired) electrons. The van der Waals surface area contributed by atoms with Crippen molar-refractivity contribution >= 4 is 17.9 Å². The molecular weight excluding hydrogens is 498 g/mol. The number of carbonyl (C=O) groups is 3. The lowest BCUT2D eigenvalue weighted by Gasteiger charge is -2.38. The highest BCUT2D eigenvalue weighted by Crippen LogP contribution is 2.30. The van der Waals surface area contributed by atoms with Crippen LogP contribution in [-0.4, -0.2) is 56.7 Å². The Bertz CT molecular complexity index is 1140. The van der Waals surface area contributed by atoms with E-state index in [4.69, 9.17) is 4.74 Å². The van der Waals surface area contributed by atoms with Gasteiger partial charge in [-0.15, -0.1) is 0 Å². The van der Waals surface area contributed by atoms with E-state index in [9.17, 15) is 24.6 Å². The highest BCUT2D eigenvalue weighted by molar-refractivity contribution is 5.92.